The van der Waals surface area contributed by atoms with E-state index in [9.17, 15) is 33.7 Å². The zero-order chi connectivity index (χ0) is 51.8. The van der Waals surface area contributed by atoms with Gasteiger partial charge >= 0.3 is 0 Å². The van der Waals surface area contributed by atoms with Crippen molar-refractivity contribution in [3.63, 3.8) is 0 Å². The summed E-state index contributed by atoms with van der Waals surface area (Å²) in [5.41, 5.74) is 2.08. The van der Waals surface area contributed by atoms with Crippen LogP contribution in [-0.4, -0.2) is 82.4 Å². The number of nitrogens with two attached hydrogens (primary N) is 1. The molecular weight excluding hydrogens is 1000 g/mol. The fourth-order valence-corrected chi connectivity index (χ4v) is 18.7. The lowest BCUT2D eigenvalue weighted by atomic mass is 10.2. The Bertz CT molecular complexity index is 3060. The van der Waals surface area contributed by atoms with E-state index in [2.05, 4.69) is 13.8 Å². The van der Waals surface area contributed by atoms with Gasteiger partial charge in [0.15, 0.2) is 0 Å². The molecule has 0 atom stereocenters. The number of rotatable bonds is 24. The molecule has 0 amide bonds. The maximum atomic E-state index is 14.2. The summed E-state index contributed by atoms with van der Waals surface area (Å²) in [5, 5.41) is 6.38. The summed E-state index contributed by atoms with van der Waals surface area (Å²) < 4.78 is 132. The van der Waals surface area contributed by atoms with Crippen LogP contribution in [0.15, 0.2) is 177 Å². The zero-order valence-corrected chi connectivity index (χ0v) is 44.5. The third-order valence-electron chi connectivity index (χ3n) is 11.1. The number of hydrogen-bond acceptors (Lipinski definition) is 12. The third-order valence-corrected chi connectivity index (χ3v) is 22.8. The van der Waals surface area contributed by atoms with E-state index in [0.29, 0.717) is 39.3 Å². The van der Waals surface area contributed by atoms with Gasteiger partial charge in [-0.1, -0.05) is 142 Å². The summed E-state index contributed by atoms with van der Waals surface area (Å²) in [6.07, 6.45) is 0.955. The van der Waals surface area contributed by atoms with Crippen LogP contribution in [0.1, 0.15) is 44.7 Å². The van der Waals surface area contributed by atoms with Crippen molar-refractivity contribution in [1.82, 2.24) is 13.8 Å². The first kappa shape index (κ1) is 56.6. The Morgan fingerprint density at radius 3 is 1.23 bits per heavy atom. The van der Waals surface area contributed by atoms with Crippen LogP contribution in [-0.2, 0) is 62.8 Å². The molecule has 0 aromatic heterocycles. The molecule has 0 unspecified atom stereocenters. The molecule has 6 aromatic rings. The fraction of sp³-hybridized carbons (Fsp3) is 0.280. The molecule has 6 rings (SSSR count). The average Bonchev–Trinajstić information content (AvgIpc) is 3.35. The molecule has 71 heavy (non-hydrogen) atoms. The Morgan fingerprint density at radius 2 is 0.859 bits per heavy atom. The molecule has 0 heterocycles. The lowest BCUT2D eigenvalue weighted by molar-refractivity contribution is 0.119. The van der Waals surface area contributed by atoms with Crippen molar-refractivity contribution in [2.24, 2.45) is 5.14 Å². The Kier molecular flexibility index (Phi) is 20.2. The van der Waals surface area contributed by atoms with Gasteiger partial charge in [-0.3, -0.25) is 0 Å². The van der Waals surface area contributed by atoms with Crippen LogP contribution in [0.3, 0.4) is 0 Å². The molecule has 0 bridgehead atoms. The van der Waals surface area contributed by atoms with Gasteiger partial charge in [-0.05, 0) is 63.6 Å². The quantitative estimate of drug-likeness (QED) is 0.0426. The highest BCUT2D eigenvalue weighted by Crippen LogP contribution is 2.37. The van der Waals surface area contributed by atoms with Gasteiger partial charge in [-0.2, -0.15) is 0 Å². The minimum absolute atomic E-state index is 0.0653. The minimum atomic E-state index is -4.20. The fourth-order valence-electron chi connectivity index (χ4n) is 7.48. The molecule has 6 aromatic carbocycles. The molecule has 0 spiro atoms. The van der Waals surface area contributed by atoms with E-state index in [1.54, 1.807) is 0 Å². The van der Waals surface area contributed by atoms with Gasteiger partial charge in [0.1, 0.15) is 21.3 Å². The lowest BCUT2D eigenvalue weighted by Crippen LogP contribution is -2.74. The number of ether oxygens (including phenoxy) is 4. The maximum Gasteiger partial charge on any atom is 0.241 e. The smallest absolute Gasteiger partial charge is 0.241 e. The average molecular weight is 1070 g/mol. The van der Waals surface area contributed by atoms with E-state index >= 15 is 0 Å². The molecule has 5 N–H and O–H groups in total. The van der Waals surface area contributed by atoms with Crippen molar-refractivity contribution < 1.29 is 52.6 Å². The summed E-state index contributed by atoms with van der Waals surface area (Å²) in [4.78, 5) is -0.625. The topological polar surface area (TPSA) is 236 Å². The number of primary sulfonamides is 1. The van der Waals surface area contributed by atoms with Crippen LogP contribution in [0.2, 0.25) is 5.04 Å². The summed E-state index contributed by atoms with van der Waals surface area (Å²) in [5.74, 6) is -0.198. The number of benzene rings is 6. The van der Waals surface area contributed by atoms with Gasteiger partial charge in [-0.15, -0.1) is 0 Å². The molecule has 0 saturated carbocycles. The summed E-state index contributed by atoms with van der Waals surface area (Å²) >= 11 is 0. The lowest BCUT2D eigenvalue weighted by Gasteiger charge is -2.43. The molecule has 0 saturated heterocycles. The molecule has 382 valence electrons. The number of nitrogens with one attached hydrogen (secondary N) is 3. The second-order valence-corrected chi connectivity index (χ2v) is 28.6. The first-order valence-electron chi connectivity index (χ1n) is 22.4. The molecule has 0 fully saturated rings. The van der Waals surface area contributed by atoms with Crippen LogP contribution in [0, 0.1) is 0 Å². The van der Waals surface area contributed by atoms with Gasteiger partial charge in [-0.25, -0.2) is 52.6 Å². The van der Waals surface area contributed by atoms with E-state index in [1.165, 1.54) is 32.4 Å². The highest BCUT2D eigenvalue weighted by Gasteiger charge is 2.51. The number of hydrogen-bond donors (Lipinski definition) is 4. The number of sulfonamides is 4. The van der Waals surface area contributed by atoms with Crippen LogP contribution in [0.25, 0.3) is 0 Å². The Hall–Kier alpha value is -5.30. The zero-order valence-electron chi connectivity index (χ0n) is 40.3. The second-order valence-electron chi connectivity index (χ2n) is 17.1. The Balaban J connectivity index is 0.000000297. The second kappa shape index (κ2) is 25.4. The van der Waals surface area contributed by atoms with Gasteiger partial charge < -0.3 is 18.9 Å². The van der Waals surface area contributed by atoms with Crippen molar-refractivity contribution in [3.05, 3.63) is 169 Å². The molecule has 0 aliphatic carbocycles. The van der Waals surface area contributed by atoms with Crippen molar-refractivity contribution in [1.29, 1.82) is 0 Å². The first-order valence-corrected chi connectivity index (χ1v) is 30.4. The van der Waals surface area contributed by atoms with Crippen LogP contribution >= 0.6 is 0 Å². The van der Waals surface area contributed by atoms with Crippen molar-refractivity contribution >= 4 is 58.7 Å². The van der Waals surface area contributed by atoms with Gasteiger partial charge in [0.05, 0.1) is 37.2 Å². The standard InChI is InChI=1S/C33H40N2O6S2Si.C17H22N2O6S2/c1-33(2,3)44(29-17-10-6-11-18-29,30-19-12-7-13-20-30)35-43(38,39)32-22-21-28(25-31(32)40-4)42(36,37)34-23-14-24-41-26-27-15-8-5-9-16-27;1-24-16-12-15(8-9-17(16)26(18,20)21)27(22,23)19-10-5-11-25-13-14-6-3-2-4-7-14/h5-13,15-22,25,34-35H,14,23-24,26H2,1-4H3;2-4,6-9,12,19H,5,10-11,13H2,1H3,(H2,18,20,21). The minimum Gasteiger partial charge on any atom is -0.495 e. The van der Waals surface area contributed by atoms with Crippen molar-refractivity contribution in [2.75, 3.05) is 40.5 Å². The predicted molar refractivity (Wildman–Crippen MR) is 277 cm³/mol. The normalized spacial score (nSPS) is 12.4. The molecule has 0 radical (unpaired) electrons. The molecule has 0 aliphatic heterocycles. The van der Waals surface area contributed by atoms with Crippen LogP contribution < -0.4 is 38.8 Å². The molecule has 16 nitrogen and oxygen atoms in total. The number of methoxy groups -OCH3 is 2. The molecule has 0 aliphatic rings. The predicted octanol–water partition coefficient (Wildman–Crippen LogP) is 5.65. The van der Waals surface area contributed by atoms with Crippen LogP contribution in [0.5, 0.6) is 11.5 Å². The van der Waals surface area contributed by atoms with Gasteiger partial charge in [0.2, 0.25) is 48.3 Å². The van der Waals surface area contributed by atoms with Crippen molar-refractivity contribution in [2.45, 2.75) is 71.4 Å². The van der Waals surface area contributed by atoms with E-state index < -0.39 is 53.4 Å². The van der Waals surface area contributed by atoms with E-state index in [0.717, 1.165) is 39.7 Å². The SMILES string of the molecule is COc1cc(S(=O)(=O)NCCCOCc2ccccc2)ccc1S(=O)(=O)N[Si](c1ccccc1)(c1ccccc1)C(C)(C)C.COc1cc(S(=O)(=O)NCCCOCc2ccccc2)ccc1S(N)(=O)=O. The third kappa shape index (κ3) is 15.6. The summed E-state index contributed by atoms with van der Waals surface area (Å²) in [7, 11) is -16.6. The molecule has 21 heteroatoms. The van der Waals surface area contributed by atoms with Crippen LogP contribution in [0.4, 0.5) is 0 Å². The highest BCUT2D eigenvalue weighted by molar-refractivity contribution is 7.91. The summed E-state index contributed by atoms with van der Waals surface area (Å²) in [6.45, 7) is 8.12. The Labute approximate surface area is 420 Å². The van der Waals surface area contributed by atoms with E-state index in [-0.39, 0.29) is 44.2 Å². The monoisotopic (exact) mass is 1070 g/mol. The maximum absolute atomic E-state index is 14.2. The molecular formula is C50H62N4O12S4Si. The van der Waals surface area contributed by atoms with E-state index in [1.807, 2.05) is 142 Å². The van der Waals surface area contributed by atoms with Crippen molar-refractivity contribution in [3.8, 4) is 11.5 Å². The van der Waals surface area contributed by atoms with E-state index in [4.69, 9.17) is 24.1 Å². The first-order chi connectivity index (χ1) is 33.6. The largest absolute Gasteiger partial charge is 0.495 e. The highest BCUT2D eigenvalue weighted by atomic mass is 32.2. The summed E-state index contributed by atoms with van der Waals surface area (Å²) in [6, 6.07) is 45.8. The van der Waals surface area contributed by atoms with Gasteiger partial charge in [0, 0.05) is 38.4 Å². The Morgan fingerprint density at radius 1 is 0.493 bits per heavy atom. The van der Waals surface area contributed by atoms with Gasteiger partial charge in [0.25, 0.3) is 0 Å².